The van der Waals surface area contributed by atoms with Crippen molar-refractivity contribution in [2.75, 3.05) is 25.5 Å². The molecule has 1 aliphatic rings. The number of carbonyl (C=O) groups is 2. The Bertz CT molecular complexity index is 489. The first-order chi connectivity index (χ1) is 9.02. The smallest absolute Gasteiger partial charge is 0.324 e. The van der Waals surface area contributed by atoms with Gasteiger partial charge in [0.2, 0.25) is 11.0 Å². The maximum Gasteiger partial charge on any atom is 0.324 e. The molecule has 0 spiro atoms. The number of likely N-dealkylation sites (N-methyl/N-ethyl adjacent to an activating group) is 1. The van der Waals surface area contributed by atoms with Crippen LogP contribution in [0, 0.1) is 6.92 Å². The summed E-state index contributed by atoms with van der Waals surface area (Å²) < 4.78 is 4.00. The molecule has 2 rings (SSSR count). The average Bonchev–Trinajstić information content (AvgIpc) is 2.77. The number of urea groups is 1. The molecule has 8 heteroatoms. The summed E-state index contributed by atoms with van der Waals surface area (Å²) in [5.41, 5.74) is 0. The van der Waals surface area contributed by atoms with Gasteiger partial charge in [-0.1, -0.05) is 6.92 Å². The van der Waals surface area contributed by atoms with Crippen LogP contribution in [0.5, 0.6) is 0 Å². The van der Waals surface area contributed by atoms with E-state index in [1.54, 1.807) is 23.8 Å². The van der Waals surface area contributed by atoms with Crippen LogP contribution in [0.3, 0.4) is 0 Å². The van der Waals surface area contributed by atoms with Gasteiger partial charge in [0, 0.05) is 31.7 Å². The standard InChI is InChI=1S/C11H17N5O2S/c1-4-8-9(17)15(3)5-6-16(8)11(18)13-10-12-7(2)14-19-10/h8H,4-6H2,1-3H3,(H,12,13,14,18). The highest BCUT2D eigenvalue weighted by molar-refractivity contribution is 7.09. The Morgan fingerprint density at radius 1 is 1.53 bits per heavy atom. The van der Waals surface area contributed by atoms with Gasteiger partial charge in [-0.2, -0.15) is 4.37 Å². The topological polar surface area (TPSA) is 78.4 Å². The molecule has 1 aliphatic heterocycles. The van der Waals surface area contributed by atoms with E-state index in [1.807, 2.05) is 6.92 Å². The van der Waals surface area contributed by atoms with Crippen molar-refractivity contribution in [3.05, 3.63) is 5.82 Å². The van der Waals surface area contributed by atoms with Gasteiger partial charge in [0.15, 0.2) is 0 Å². The van der Waals surface area contributed by atoms with Crippen LogP contribution >= 0.6 is 11.5 Å². The van der Waals surface area contributed by atoms with Gasteiger partial charge in [-0.05, 0) is 13.3 Å². The molecule has 0 radical (unpaired) electrons. The third-order valence-corrected chi connectivity index (χ3v) is 3.82. The Morgan fingerprint density at radius 2 is 2.26 bits per heavy atom. The Morgan fingerprint density at radius 3 is 2.84 bits per heavy atom. The molecule has 0 bridgehead atoms. The molecule has 1 atom stereocenters. The van der Waals surface area contributed by atoms with Crippen LogP contribution in [0.15, 0.2) is 0 Å². The molecule has 1 N–H and O–H groups in total. The van der Waals surface area contributed by atoms with Crippen molar-refractivity contribution in [2.45, 2.75) is 26.3 Å². The fourth-order valence-corrected chi connectivity index (χ4v) is 2.63. The molecule has 1 fully saturated rings. The molecule has 1 aromatic heterocycles. The van der Waals surface area contributed by atoms with Gasteiger partial charge in [0.25, 0.3) is 0 Å². The van der Waals surface area contributed by atoms with Gasteiger partial charge >= 0.3 is 6.03 Å². The molecule has 3 amide bonds. The summed E-state index contributed by atoms with van der Waals surface area (Å²) in [5, 5.41) is 3.16. The molecule has 7 nitrogen and oxygen atoms in total. The van der Waals surface area contributed by atoms with Gasteiger partial charge in [0.05, 0.1) is 0 Å². The fourth-order valence-electron chi connectivity index (χ4n) is 2.06. The highest BCUT2D eigenvalue weighted by Gasteiger charge is 2.34. The van der Waals surface area contributed by atoms with E-state index in [1.165, 1.54) is 0 Å². The summed E-state index contributed by atoms with van der Waals surface area (Å²) in [6.45, 7) is 4.75. The second-order valence-corrected chi connectivity index (χ2v) is 5.21. The number of hydrogen-bond acceptors (Lipinski definition) is 5. The lowest BCUT2D eigenvalue weighted by atomic mass is 10.1. The third-order valence-electron chi connectivity index (χ3n) is 3.10. The van der Waals surface area contributed by atoms with Gasteiger partial charge in [-0.25, -0.2) is 9.78 Å². The van der Waals surface area contributed by atoms with Crippen molar-refractivity contribution < 1.29 is 9.59 Å². The van der Waals surface area contributed by atoms with Crippen molar-refractivity contribution in [1.82, 2.24) is 19.2 Å². The van der Waals surface area contributed by atoms with E-state index >= 15 is 0 Å². The minimum absolute atomic E-state index is 0.0163. The number of carbonyl (C=O) groups excluding carboxylic acids is 2. The fraction of sp³-hybridized carbons (Fsp3) is 0.636. The summed E-state index contributed by atoms with van der Waals surface area (Å²) in [5.74, 6) is 0.610. The largest absolute Gasteiger partial charge is 0.342 e. The predicted octanol–water partition coefficient (Wildman–Crippen LogP) is 0.931. The van der Waals surface area contributed by atoms with Crippen molar-refractivity contribution >= 4 is 28.6 Å². The predicted molar refractivity (Wildman–Crippen MR) is 72.1 cm³/mol. The summed E-state index contributed by atoms with van der Waals surface area (Å²) in [6, 6.07) is -0.683. The van der Waals surface area contributed by atoms with Crippen molar-refractivity contribution in [3.8, 4) is 0 Å². The van der Waals surface area contributed by atoms with E-state index < -0.39 is 6.04 Å². The first-order valence-corrected chi connectivity index (χ1v) is 6.93. The molecule has 0 saturated carbocycles. The van der Waals surface area contributed by atoms with E-state index in [0.29, 0.717) is 30.5 Å². The average molecular weight is 283 g/mol. The van der Waals surface area contributed by atoms with E-state index in [9.17, 15) is 9.59 Å². The first kappa shape index (κ1) is 13.7. The van der Waals surface area contributed by atoms with Gasteiger partial charge in [-0.3, -0.25) is 10.1 Å². The molecular formula is C11H17N5O2S. The molecule has 2 heterocycles. The molecule has 104 valence electrons. The van der Waals surface area contributed by atoms with E-state index in [4.69, 9.17) is 0 Å². The molecule has 0 aromatic carbocycles. The lowest BCUT2D eigenvalue weighted by Gasteiger charge is -2.38. The minimum atomic E-state index is -0.396. The number of anilines is 1. The maximum atomic E-state index is 12.2. The summed E-state index contributed by atoms with van der Waals surface area (Å²) in [4.78, 5) is 31.5. The number of nitrogens with one attached hydrogen (secondary N) is 1. The van der Waals surface area contributed by atoms with Gasteiger partial charge < -0.3 is 9.80 Å². The van der Waals surface area contributed by atoms with E-state index in [2.05, 4.69) is 14.7 Å². The zero-order valence-electron chi connectivity index (χ0n) is 11.2. The molecule has 0 aliphatic carbocycles. The second kappa shape index (κ2) is 5.52. The van der Waals surface area contributed by atoms with Crippen LogP contribution in [-0.2, 0) is 4.79 Å². The highest BCUT2D eigenvalue weighted by atomic mass is 32.1. The highest BCUT2D eigenvalue weighted by Crippen LogP contribution is 2.16. The van der Waals surface area contributed by atoms with E-state index in [-0.39, 0.29) is 11.9 Å². The first-order valence-electron chi connectivity index (χ1n) is 6.15. The van der Waals surface area contributed by atoms with Crippen LogP contribution in [0.4, 0.5) is 9.93 Å². The molecule has 1 aromatic rings. The number of aryl methyl sites for hydroxylation is 1. The minimum Gasteiger partial charge on any atom is -0.342 e. The second-order valence-electron chi connectivity index (χ2n) is 4.45. The van der Waals surface area contributed by atoms with Crippen molar-refractivity contribution in [1.29, 1.82) is 0 Å². The van der Waals surface area contributed by atoms with Crippen LogP contribution in [0.25, 0.3) is 0 Å². The zero-order chi connectivity index (χ0) is 14.0. The molecule has 19 heavy (non-hydrogen) atoms. The molecular weight excluding hydrogens is 266 g/mol. The van der Waals surface area contributed by atoms with Crippen molar-refractivity contribution in [2.24, 2.45) is 0 Å². The summed E-state index contributed by atoms with van der Waals surface area (Å²) >= 11 is 1.14. The number of piperazine rings is 1. The number of aromatic nitrogens is 2. The Labute approximate surface area is 115 Å². The number of amides is 3. The quantitative estimate of drug-likeness (QED) is 0.876. The zero-order valence-corrected chi connectivity index (χ0v) is 12.0. The number of rotatable bonds is 2. The Kier molecular flexibility index (Phi) is 3.98. The summed E-state index contributed by atoms with van der Waals surface area (Å²) in [6.07, 6.45) is 0.603. The normalized spacial score (nSPS) is 19.7. The maximum absolute atomic E-state index is 12.2. The Balaban J connectivity index is 2.07. The number of hydrogen-bond donors (Lipinski definition) is 1. The third kappa shape index (κ3) is 2.83. The van der Waals surface area contributed by atoms with E-state index in [0.717, 1.165) is 11.5 Å². The van der Waals surface area contributed by atoms with Crippen LogP contribution < -0.4 is 5.32 Å². The SMILES string of the molecule is CCC1C(=O)N(C)CCN1C(=O)Nc1nc(C)ns1. The van der Waals surface area contributed by atoms with Gasteiger partial charge in [0.1, 0.15) is 11.9 Å². The van der Waals surface area contributed by atoms with Crippen LogP contribution in [0.1, 0.15) is 19.2 Å². The van der Waals surface area contributed by atoms with Crippen LogP contribution in [-0.4, -0.2) is 57.3 Å². The monoisotopic (exact) mass is 283 g/mol. The van der Waals surface area contributed by atoms with Gasteiger partial charge in [-0.15, -0.1) is 0 Å². The lowest BCUT2D eigenvalue weighted by molar-refractivity contribution is -0.138. The lowest BCUT2D eigenvalue weighted by Crippen LogP contribution is -2.58. The molecule has 1 unspecified atom stereocenters. The molecule has 1 saturated heterocycles. The van der Waals surface area contributed by atoms with Crippen molar-refractivity contribution in [3.63, 3.8) is 0 Å². The Hall–Kier alpha value is -1.70. The summed E-state index contributed by atoms with van der Waals surface area (Å²) in [7, 11) is 1.76. The number of nitrogens with zero attached hydrogens (tertiary/aromatic N) is 4. The van der Waals surface area contributed by atoms with Crippen LogP contribution in [0.2, 0.25) is 0 Å².